The molecule has 0 saturated carbocycles. The smallest absolute Gasteiger partial charge is 0.272 e. The van der Waals surface area contributed by atoms with Gasteiger partial charge in [-0.15, -0.1) is 0 Å². The first kappa shape index (κ1) is 17.7. The predicted molar refractivity (Wildman–Crippen MR) is 97.8 cm³/mol. The third kappa shape index (κ3) is 3.21. The third-order valence-corrected chi connectivity index (χ3v) is 5.74. The first-order chi connectivity index (χ1) is 12.8. The van der Waals surface area contributed by atoms with Gasteiger partial charge < -0.3 is 5.32 Å². The van der Waals surface area contributed by atoms with Crippen LogP contribution in [0.4, 0.5) is 4.39 Å². The van der Waals surface area contributed by atoms with Gasteiger partial charge in [-0.1, -0.05) is 12.1 Å². The number of halogens is 1. The van der Waals surface area contributed by atoms with E-state index in [9.17, 15) is 17.6 Å². The van der Waals surface area contributed by atoms with Gasteiger partial charge in [-0.05, 0) is 54.7 Å². The highest BCUT2D eigenvalue weighted by Gasteiger charge is 2.27. The number of nitrogens with one attached hydrogen (secondary N) is 1. The van der Waals surface area contributed by atoms with Crippen LogP contribution >= 0.6 is 0 Å². The summed E-state index contributed by atoms with van der Waals surface area (Å²) in [6.07, 6.45) is 5.01. The van der Waals surface area contributed by atoms with Crippen molar-refractivity contribution in [3.8, 4) is 0 Å². The fourth-order valence-corrected chi connectivity index (χ4v) is 4.36. The molecule has 0 spiro atoms. The summed E-state index contributed by atoms with van der Waals surface area (Å²) in [4.78, 5) is 17.0. The second-order valence-corrected chi connectivity index (χ2v) is 8.64. The van der Waals surface area contributed by atoms with Gasteiger partial charge in [0.2, 0.25) is 15.0 Å². The van der Waals surface area contributed by atoms with Crippen LogP contribution in [0.15, 0.2) is 47.8 Å². The fraction of sp³-hybridized carbons (Fsp3) is 0.263. The Bertz CT molecular complexity index is 1150. The zero-order valence-corrected chi connectivity index (χ0v) is 15.5. The lowest BCUT2D eigenvalue weighted by Crippen LogP contribution is -2.31. The van der Waals surface area contributed by atoms with Crippen LogP contribution in [0.3, 0.4) is 0 Å². The molecule has 27 heavy (non-hydrogen) atoms. The highest BCUT2D eigenvalue weighted by atomic mass is 32.2. The van der Waals surface area contributed by atoms with E-state index in [0.717, 1.165) is 30.2 Å². The molecule has 4 rings (SSSR count). The van der Waals surface area contributed by atoms with Gasteiger partial charge >= 0.3 is 0 Å². The van der Waals surface area contributed by atoms with Gasteiger partial charge in [0, 0.05) is 12.5 Å². The van der Waals surface area contributed by atoms with Crippen molar-refractivity contribution in [2.24, 2.45) is 0 Å². The van der Waals surface area contributed by atoms with Crippen molar-refractivity contribution in [2.45, 2.75) is 30.5 Å². The van der Waals surface area contributed by atoms with Gasteiger partial charge in [0.1, 0.15) is 5.82 Å². The Kier molecular flexibility index (Phi) is 4.22. The number of pyridine rings is 1. The van der Waals surface area contributed by atoms with Crippen molar-refractivity contribution in [3.05, 3.63) is 65.2 Å². The molecule has 6 nitrogen and oxygen atoms in total. The van der Waals surface area contributed by atoms with E-state index in [2.05, 4.69) is 10.3 Å². The van der Waals surface area contributed by atoms with Crippen LogP contribution < -0.4 is 5.32 Å². The van der Waals surface area contributed by atoms with Gasteiger partial charge in [0.15, 0.2) is 5.69 Å². The van der Waals surface area contributed by atoms with Crippen molar-refractivity contribution in [1.82, 2.24) is 14.7 Å². The molecule has 8 heteroatoms. The zero-order chi connectivity index (χ0) is 19.2. The van der Waals surface area contributed by atoms with Crippen LogP contribution in [0.2, 0.25) is 0 Å². The Hall–Kier alpha value is -2.74. The maximum atomic E-state index is 13.7. The van der Waals surface area contributed by atoms with E-state index < -0.39 is 15.7 Å². The summed E-state index contributed by atoms with van der Waals surface area (Å²) in [5.74, 6) is -0.822. The summed E-state index contributed by atoms with van der Waals surface area (Å²) < 4.78 is 39.1. The monoisotopic (exact) mass is 387 g/mol. The molecule has 1 N–H and O–H groups in total. The number of aromatic nitrogens is 2. The number of aryl methyl sites for hydroxylation is 1. The maximum Gasteiger partial charge on any atom is 0.272 e. The normalized spacial score (nSPS) is 16.9. The van der Waals surface area contributed by atoms with Gasteiger partial charge in [-0.2, -0.15) is 0 Å². The minimum atomic E-state index is -3.61. The molecular formula is C19H18FN3O3S. The van der Waals surface area contributed by atoms with E-state index in [-0.39, 0.29) is 22.7 Å². The molecule has 0 radical (unpaired) electrons. The molecule has 0 saturated heterocycles. The van der Waals surface area contributed by atoms with Crippen molar-refractivity contribution in [1.29, 1.82) is 0 Å². The standard InChI is InChI=1S/C19H18FN3O3S/c1-27(25,26)19-22-17(16-7-2-3-10-23(16)19)18(24)21-15-6-4-5-12-8-9-13(20)11-14(12)15/h2-3,7-11,15H,4-6H2,1H3,(H,21,24)/t15-/m1/s1. The van der Waals surface area contributed by atoms with Crippen molar-refractivity contribution in [2.75, 3.05) is 6.26 Å². The Morgan fingerprint density at radius 3 is 2.89 bits per heavy atom. The number of carbonyl (C=O) groups is 1. The number of nitrogens with zero attached hydrogens (tertiary/aromatic N) is 2. The number of hydrogen-bond donors (Lipinski definition) is 1. The molecule has 2 heterocycles. The Labute approximate surface area is 156 Å². The van der Waals surface area contributed by atoms with Crippen molar-refractivity contribution in [3.63, 3.8) is 0 Å². The number of fused-ring (bicyclic) bond motifs is 2. The molecular weight excluding hydrogens is 369 g/mol. The number of sulfone groups is 1. The minimum absolute atomic E-state index is 0.0413. The maximum absolute atomic E-state index is 13.7. The quantitative estimate of drug-likeness (QED) is 0.749. The molecule has 1 aliphatic rings. The SMILES string of the molecule is CS(=O)(=O)c1nc(C(=O)N[C@@H]2CCCc3ccc(F)cc32)c2ccccn12. The van der Waals surface area contributed by atoms with Crippen LogP contribution in [0.5, 0.6) is 0 Å². The molecule has 2 aromatic heterocycles. The van der Waals surface area contributed by atoms with E-state index in [1.54, 1.807) is 30.5 Å². The highest BCUT2D eigenvalue weighted by molar-refractivity contribution is 7.90. The predicted octanol–water partition coefficient (Wildman–Crippen LogP) is 2.68. The lowest BCUT2D eigenvalue weighted by atomic mass is 9.87. The summed E-state index contributed by atoms with van der Waals surface area (Å²) in [6, 6.07) is 9.31. The Morgan fingerprint density at radius 1 is 1.30 bits per heavy atom. The zero-order valence-electron chi connectivity index (χ0n) is 14.6. The third-order valence-electron chi connectivity index (χ3n) is 4.79. The van der Waals surface area contributed by atoms with Crippen LogP contribution in [-0.2, 0) is 16.3 Å². The summed E-state index contributed by atoms with van der Waals surface area (Å²) >= 11 is 0. The van der Waals surface area contributed by atoms with Crippen molar-refractivity contribution >= 4 is 21.3 Å². The van der Waals surface area contributed by atoms with Crippen LogP contribution in [0.1, 0.15) is 40.5 Å². The molecule has 0 bridgehead atoms. The summed E-state index contributed by atoms with van der Waals surface area (Å²) in [5.41, 5.74) is 2.23. The van der Waals surface area contributed by atoms with Crippen LogP contribution in [-0.4, -0.2) is 30.0 Å². The molecule has 1 atom stereocenters. The van der Waals surface area contributed by atoms with Gasteiger partial charge in [0.05, 0.1) is 11.6 Å². The number of imidazole rings is 1. The lowest BCUT2D eigenvalue weighted by molar-refractivity contribution is 0.0929. The van der Waals surface area contributed by atoms with Crippen LogP contribution in [0.25, 0.3) is 5.52 Å². The van der Waals surface area contributed by atoms with E-state index in [0.29, 0.717) is 11.9 Å². The molecule has 0 aliphatic heterocycles. The summed E-state index contributed by atoms with van der Waals surface area (Å²) in [5, 5.41) is 2.72. The first-order valence-electron chi connectivity index (χ1n) is 8.61. The average Bonchev–Trinajstić information content (AvgIpc) is 3.02. The number of carbonyl (C=O) groups excluding carboxylic acids is 1. The van der Waals surface area contributed by atoms with E-state index >= 15 is 0 Å². The fourth-order valence-electron chi connectivity index (χ4n) is 3.58. The lowest BCUT2D eigenvalue weighted by Gasteiger charge is -2.26. The summed E-state index contributed by atoms with van der Waals surface area (Å²) in [6.45, 7) is 0. The van der Waals surface area contributed by atoms with E-state index in [1.165, 1.54) is 16.5 Å². The average molecular weight is 387 g/mol. The molecule has 1 aromatic carbocycles. The second kappa shape index (κ2) is 6.45. The molecule has 1 aliphatic carbocycles. The molecule has 1 amide bonds. The minimum Gasteiger partial charge on any atom is -0.344 e. The first-order valence-corrected chi connectivity index (χ1v) is 10.5. The van der Waals surface area contributed by atoms with E-state index in [1.807, 2.05) is 0 Å². The topological polar surface area (TPSA) is 80.5 Å². The highest BCUT2D eigenvalue weighted by Crippen LogP contribution is 2.30. The van der Waals surface area contributed by atoms with E-state index in [4.69, 9.17) is 0 Å². The second-order valence-electron chi connectivity index (χ2n) is 6.73. The Balaban J connectivity index is 1.73. The molecule has 0 fully saturated rings. The van der Waals surface area contributed by atoms with Crippen molar-refractivity contribution < 1.29 is 17.6 Å². The number of rotatable bonds is 3. The molecule has 140 valence electrons. The van der Waals surface area contributed by atoms with Gasteiger partial charge in [-0.25, -0.2) is 17.8 Å². The van der Waals surface area contributed by atoms with Crippen LogP contribution in [0, 0.1) is 5.82 Å². The summed E-state index contributed by atoms with van der Waals surface area (Å²) in [7, 11) is -3.61. The molecule has 3 aromatic rings. The number of hydrogen-bond acceptors (Lipinski definition) is 4. The largest absolute Gasteiger partial charge is 0.344 e. The number of benzene rings is 1. The van der Waals surface area contributed by atoms with Gasteiger partial charge in [0.25, 0.3) is 5.91 Å². The van der Waals surface area contributed by atoms with Gasteiger partial charge in [-0.3, -0.25) is 9.20 Å². The Morgan fingerprint density at radius 2 is 2.11 bits per heavy atom. The number of amides is 1. The molecule has 0 unspecified atom stereocenters.